The van der Waals surface area contributed by atoms with Crippen LogP contribution in [0.15, 0.2) is 24.3 Å². The highest BCUT2D eigenvalue weighted by Crippen LogP contribution is 2.34. The van der Waals surface area contributed by atoms with Crippen LogP contribution in [0, 0.1) is 0 Å². The van der Waals surface area contributed by atoms with Gasteiger partial charge in [-0.25, -0.2) is 9.97 Å². The molecule has 3 rings (SSSR count). The number of nitrogens with one attached hydrogen (secondary N) is 1. The van der Waals surface area contributed by atoms with Gasteiger partial charge in [-0.05, 0) is 24.3 Å². The van der Waals surface area contributed by atoms with Gasteiger partial charge in [-0.15, -0.1) is 11.3 Å². The van der Waals surface area contributed by atoms with Gasteiger partial charge in [0, 0.05) is 28.0 Å². The SMILES string of the molecule is CNC(=O)c1cc2c(-c3cc(Cl)cc(Cl)c3)nc(N)nc2s1. The highest BCUT2D eigenvalue weighted by Gasteiger charge is 2.16. The number of benzene rings is 1. The third-order valence-electron chi connectivity index (χ3n) is 3.00. The monoisotopic (exact) mass is 352 g/mol. The maximum absolute atomic E-state index is 11.8. The van der Waals surface area contributed by atoms with E-state index in [0.717, 1.165) is 10.9 Å². The Balaban J connectivity index is 2.28. The number of nitrogens with two attached hydrogens (primary N) is 1. The second kappa shape index (κ2) is 5.72. The number of aromatic nitrogens is 2. The summed E-state index contributed by atoms with van der Waals surface area (Å²) in [6, 6.07) is 6.86. The molecular formula is C14H10Cl2N4OS. The number of hydrogen-bond donors (Lipinski definition) is 2. The minimum atomic E-state index is -0.184. The lowest BCUT2D eigenvalue weighted by atomic mass is 10.1. The van der Waals surface area contributed by atoms with E-state index in [-0.39, 0.29) is 11.9 Å². The van der Waals surface area contributed by atoms with Gasteiger partial charge in [0.25, 0.3) is 5.91 Å². The first-order chi connectivity index (χ1) is 10.5. The molecule has 0 radical (unpaired) electrons. The van der Waals surface area contributed by atoms with E-state index in [9.17, 15) is 4.79 Å². The van der Waals surface area contributed by atoms with Crippen LogP contribution in [-0.4, -0.2) is 22.9 Å². The third kappa shape index (κ3) is 2.72. The number of rotatable bonds is 2. The maximum Gasteiger partial charge on any atom is 0.261 e. The highest BCUT2D eigenvalue weighted by molar-refractivity contribution is 7.20. The van der Waals surface area contributed by atoms with Gasteiger partial charge in [0.2, 0.25) is 5.95 Å². The molecule has 3 aromatic rings. The number of nitrogens with zero attached hydrogens (tertiary/aromatic N) is 2. The molecule has 0 aliphatic heterocycles. The van der Waals surface area contributed by atoms with E-state index < -0.39 is 0 Å². The molecule has 2 aromatic heterocycles. The Morgan fingerprint density at radius 3 is 2.50 bits per heavy atom. The van der Waals surface area contributed by atoms with Crippen molar-refractivity contribution in [3.8, 4) is 11.3 Å². The first-order valence-electron chi connectivity index (χ1n) is 6.23. The minimum absolute atomic E-state index is 0.129. The lowest BCUT2D eigenvalue weighted by molar-refractivity contribution is 0.0967. The summed E-state index contributed by atoms with van der Waals surface area (Å²) in [4.78, 5) is 21.4. The molecule has 0 atom stereocenters. The predicted octanol–water partition coefficient (Wildman–Crippen LogP) is 3.61. The van der Waals surface area contributed by atoms with Gasteiger partial charge in [-0.1, -0.05) is 23.2 Å². The Kier molecular flexibility index (Phi) is 3.90. The smallest absolute Gasteiger partial charge is 0.261 e. The van der Waals surface area contributed by atoms with E-state index >= 15 is 0 Å². The topological polar surface area (TPSA) is 80.9 Å². The molecule has 0 saturated carbocycles. The number of anilines is 1. The molecule has 0 spiro atoms. The number of hydrogen-bond acceptors (Lipinski definition) is 5. The van der Waals surface area contributed by atoms with Crippen LogP contribution in [0.4, 0.5) is 5.95 Å². The molecule has 112 valence electrons. The van der Waals surface area contributed by atoms with E-state index in [1.165, 1.54) is 11.3 Å². The van der Waals surface area contributed by atoms with Crippen molar-refractivity contribution in [3.63, 3.8) is 0 Å². The lowest BCUT2D eigenvalue weighted by Gasteiger charge is -2.05. The second-order valence-corrected chi connectivity index (χ2v) is 6.40. The van der Waals surface area contributed by atoms with Crippen molar-refractivity contribution in [2.45, 2.75) is 0 Å². The first kappa shape index (κ1) is 15.0. The average molecular weight is 353 g/mol. The highest BCUT2D eigenvalue weighted by atomic mass is 35.5. The first-order valence-corrected chi connectivity index (χ1v) is 7.81. The van der Waals surface area contributed by atoms with E-state index in [0.29, 0.717) is 25.4 Å². The number of carbonyl (C=O) groups excluding carboxylic acids is 1. The standard InChI is InChI=1S/C14H10Cl2N4OS/c1-18-12(21)10-5-9-11(19-14(17)20-13(9)22-10)6-2-7(15)4-8(16)3-6/h2-5H,1H3,(H,18,21)(H2,17,19,20). The van der Waals surface area contributed by atoms with Gasteiger partial charge in [-0.3, -0.25) is 4.79 Å². The van der Waals surface area contributed by atoms with Crippen molar-refractivity contribution < 1.29 is 4.79 Å². The molecule has 5 nitrogen and oxygen atoms in total. The Labute approximate surface area is 140 Å². The normalized spacial score (nSPS) is 10.9. The minimum Gasteiger partial charge on any atom is -0.368 e. The van der Waals surface area contributed by atoms with Crippen LogP contribution in [0.2, 0.25) is 10.0 Å². The molecule has 3 N–H and O–H groups in total. The van der Waals surface area contributed by atoms with Gasteiger partial charge in [0.05, 0.1) is 10.6 Å². The van der Waals surface area contributed by atoms with E-state index in [4.69, 9.17) is 28.9 Å². The Morgan fingerprint density at radius 2 is 1.86 bits per heavy atom. The summed E-state index contributed by atoms with van der Waals surface area (Å²) in [5.74, 6) is -0.0550. The second-order valence-electron chi connectivity index (χ2n) is 4.50. The summed E-state index contributed by atoms with van der Waals surface area (Å²) in [5.41, 5.74) is 7.09. The molecule has 2 heterocycles. The summed E-state index contributed by atoms with van der Waals surface area (Å²) in [6.45, 7) is 0. The summed E-state index contributed by atoms with van der Waals surface area (Å²) >= 11 is 13.3. The number of amides is 1. The number of halogens is 2. The number of thiophene rings is 1. The largest absolute Gasteiger partial charge is 0.368 e. The summed E-state index contributed by atoms with van der Waals surface area (Å²) in [6.07, 6.45) is 0. The van der Waals surface area contributed by atoms with Crippen molar-refractivity contribution in [3.05, 3.63) is 39.2 Å². The van der Waals surface area contributed by atoms with Crippen LogP contribution in [0.25, 0.3) is 21.5 Å². The van der Waals surface area contributed by atoms with Crippen molar-refractivity contribution in [2.24, 2.45) is 0 Å². The molecule has 0 aliphatic rings. The molecule has 8 heteroatoms. The molecule has 0 saturated heterocycles. The van der Waals surface area contributed by atoms with Crippen LogP contribution in [-0.2, 0) is 0 Å². The van der Waals surface area contributed by atoms with E-state index in [1.807, 2.05) is 0 Å². The van der Waals surface area contributed by atoms with Crippen LogP contribution < -0.4 is 11.1 Å². The Hall–Kier alpha value is -1.89. The predicted molar refractivity (Wildman–Crippen MR) is 90.7 cm³/mol. The number of carbonyl (C=O) groups is 1. The van der Waals surface area contributed by atoms with Crippen LogP contribution >= 0.6 is 34.5 Å². The fourth-order valence-electron chi connectivity index (χ4n) is 2.08. The molecule has 0 aliphatic carbocycles. The molecule has 0 unspecified atom stereocenters. The van der Waals surface area contributed by atoms with Gasteiger partial charge in [-0.2, -0.15) is 0 Å². The molecule has 0 bridgehead atoms. The van der Waals surface area contributed by atoms with Crippen molar-refractivity contribution in [1.82, 2.24) is 15.3 Å². The zero-order chi connectivity index (χ0) is 15.9. The van der Waals surface area contributed by atoms with Crippen molar-refractivity contribution >= 4 is 56.6 Å². The average Bonchev–Trinajstić information content (AvgIpc) is 2.88. The molecule has 1 amide bonds. The van der Waals surface area contributed by atoms with Crippen LogP contribution in [0.3, 0.4) is 0 Å². The lowest BCUT2D eigenvalue weighted by Crippen LogP contribution is -2.15. The fraction of sp³-hybridized carbons (Fsp3) is 0.0714. The maximum atomic E-state index is 11.8. The number of nitrogen functional groups attached to an aromatic ring is 1. The molecule has 22 heavy (non-hydrogen) atoms. The van der Waals surface area contributed by atoms with Gasteiger partial charge in [0.1, 0.15) is 4.83 Å². The Morgan fingerprint density at radius 1 is 1.18 bits per heavy atom. The van der Waals surface area contributed by atoms with Crippen LogP contribution in [0.5, 0.6) is 0 Å². The summed E-state index contributed by atoms with van der Waals surface area (Å²) in [7, 11) is 1.57. The van der Waals surface area contributed by atoms with E-state index in [2.05, 4.69) is 15.3 Å². The van der Waals surface area contributed by atoms with Gasteiger partial charge in [0.15, 0.2) is 0 Å². The van der Waals surface area contributed by atoms with Gasteiger partial charge < -0.3 is 11.1 Å². The fourth-order valence-corrected chi connectivity index (χ4v) is 3.59. The quantitative estimate of drug-likeness (QED) is 0.738. The Bertz CT molecular complexity index is 874. The zero-order valence-corrected chi connectivity index (χ0v) is 13.7. The molecule has 0 fully saturated rings. The van der Waals surface area contributed by atoms with Crippen molar-refractivity contribution in [2.75, 3.05) is 12.8 Å². The zero-order valence-electron chi connectivity index (χ0n) is 11.4. The summed E-state index contributed by atoms with van der Waals surface area (Å²) < 4.78 is 0. The molecular weight excluding hydrogens is 343 g/mol. The third-order valence-corrected chi connectivity index (χ3v) is 4.46. The number of fused-ring (bicyclic) bond motifs is 1. The van der Waals surface area contributed by atoms with E-state index in [1.54, 1.807) is 31.3 Å². The van der Waals surface area contributed by atoms with Crippen LogP contribution in [0.1, 0.15) is 9.67 Å². The van der Waals surface area contributed by atoms with Crippen molar-refractivity contribution in [1.29, 1.82) is 0 Å². The molecule has 1 aromatic carbocycles. The summed E-state index contributed by atoms with van der Waals surface area (Å²) in [5, 5.41) is 4.31. The van der Waals surface area contributed by atoms with Gasteiger partial charge >= 0.3 is 0 Å².